The lowest BCUT2D eigenvalue weighted by molar-refractivity contribution is 0.0999. The van der Waals surface area contributed by atoms with Crippen LogP contribution in [0.5, 0.6) is 11.6 Å². The Labute approximate surface area is 192 Å². The van der Waals surface area contributed by atoms with Crippen LogP contribution in [-0.4, -0.2) is 35.8 Å². The zero-order valence-corrected chi connectivity index (χ0v) is 18.0. The highest BCUT2D eigenvalue weighted by Gasteiger charge is 2.43. The van der Waals surface area contributed by atoms with Crippen LogP contribution in [0.1, 0.15) is 21.5 Å². The molecule has 1 aliphatic heterocycles. The van der Waals surface area contributed by atoms with E-state index in [1.807, 2.05) is 30.3 Å². The first-order valence-electron chi connectivity index (χ1n) is 10.0. The molecule has 33 heavy (non-hydrogen) atoms. The average Bonchev–Trinajstić information content (AvgIpc) is 3.19. The van der Waals surface area contributed by atoms with Gasteiger partial charge in [-0.05, 0) is 5.56 Å². The van der Waals surface area contributed by atoms with Gasteiger partial charge in [0.05, 0.1) is 17.2 Å². The molecule has 0 saturated carbocycles. The summed E-state index contributed by atoms with van der Waals surface area (Å²) in [6.07, 6.45) is 1.15. The van der Waals surface area contributed by atoms with E-state index in [0.29, 0.717) is 5.56 Å². The van der Waals surface area contributed by atoms with Gasteiger partial charge in [0, 0.05) is 41.9 Å². The number of hydrogen-bond acceptors (Lipinski definition) is 6. The van der Waals surface area contributed by atoms with Crippen molar-refractivity contribution in [1.29, 1.82) is 0 Å². The summed E-state index contributed by atoms with van der Waals surface area (Å²) in [5.41, 5.74) is 10.8. The van der Waals surface area contributed by atoms with Gasteiger partial charge in [-0.3, -0.25) is 4.79 Å². The molecule has 0 unspecified atom stereocenters. The third-order valence-corrected chi connectivity index (χ3v) is 5.89. The molecule has 2 heterocycles. The number of halogens is 3. The summed E-state index contributed by atoms with van der Waals surface area (Å²) in [5, 5.41) is 8.58. The molecule has 0 saturated heterocycles. The third kappa shape index (κ3) is 3.88. The van der Waals surface area contributed by atoms with Crippen LogP contribution in [0, 0.1) is 11.6 Å². The minimum absolute atomic E-state index is 0.0384. The number of aliphatic hydroxyl groups excluding tert-OH is 1. The van der Waals surface area contributed by atoms with Crippen LogP contribution in [0.2, 0.25) is 5.02 Å². The molecule has 1 aliphatic rings. The Balaban J connectivity index is 1.97. The minimum Gasteiger partial charge on any atom is -0.480 e. The van der Waals surface area contributed by atoms with Crippen molar-refractivity contribution in [3.05, 3.63) is 75.9 Å². The van der Waals surface area contributed by atoms with Gasteiger partial charge in [0.1, 0.15) is 18.2 Å². The molecule has 0 radical (unpaired) electrons. The van der Waals surface area contributed by atoms with Gasteiger partial charge in [-0.2, -0.15) is 0 Å². The van der Waals surface area contributed by atoms with Gasteiger partial charge in [0.15, 0.2) is 11.4 Å². The van der Waals surface area contributed by atoms with Crippen molar-refractivity contribution in [2.24, 2.45) is 11.5 Å². The predicted molar refractivity (Wildman–Crippen MR) is 117 cm³/mol. The molecule has 7 nitrogen and oxygen atoms in total. The molecule has 0 fully saturated rings. The molecule has 2 aromatic carbocycles. The number of benzene rings is 2. The Hall–Kier alpha value is -3.27. The van der Waals surface area contributed by atoms with Gasteiger partial charge in [0.2, 0.25) is 0 Å². The van der Waals surface area contributed by atoms with Crippen LogP contribution in [-0.2, 0) is 12.0 Å². The average molecular weight is 476 g/mol. The number of aliphatic hydroxyl groups is 1. The van der Waals surface area contributed by atoms with Crippen LogP contribution < -0.4 is 20.9 Å². The Morgan fingerprint density at radius 2 is 2.00 bits per heavy atom. The molecule has 1 aromatic heterocycles. The molecule has 172 valence electrons. The van der Waals surface area contributed by atoms with Crippen LogP contribution in [0.4, 0.5) is 8.78 Å². The Morgan fingerprint density at radius 1 is 1.27 bits per heavy atom. The summed E-state index contributed by atoms with van der Waals surface area (Å²) in [5.74, 6) is -3.32. The van der Waals surface area contributed by atoms with Crippen molar-refractivity contribution >= 4 is 17.5 Å². The van der Waals surface area contributed by atoms with Crippen molar-refractivity contribution < 1.29 is 28.2 Å². The number of hydrogen-bond donors (Lipinski definition) is 3. The lowest BCUT2D eigenvalue weighted by Gasteiger charge is -2.27. The number of fused-ring (bicyclic) bond motifs is 1. The standard InChI is InChI=1S/C23H20ClF2N3O4/c24-19-15(25)8-16-13(9-23(11-27,33-16)12-4-2-1-3-5-12)17(19)18-14(21(28)31)10-29-22(20(18)26)32-7-6-30/h1-5,8,10,30H,6-7,9,11,27H2,(H2,28,31)/t23-/m1/s1. The maximum Gasteiger partial charge on any atom is 0.251 e. The summed E-state index contributed by atoms with van der Waals surface area (Å²) in [6.45, 7) is -0.605. The maximum absolute atomic E-state index is 15.6. The largest absolute Gasteiger partial charge is 0.480 e. The lowest BCUT2D eigenvalue weighted by Crippen LogP contribution is -2.39. The first-order chi connectivity index (χ1) is 15.8. The van der Waals surface area contributed by atoms with Crippen LogP contribution in [0.15, 0.2) is 42.6 Å². The van der Waals surface area contributed by atoms with Crippen LogP contribution in [0.3, 0.4) is 0 Å². The van der Waals surface area contributed by atoms with Gasteiger partial charge in [-0.15, -0.1) is 0 Å². The lowest BCUT2D eigenvalue weighted by atomic mass is 9.85. The Bertz CT molecular complexity index is 1230. The second-order valence-corrected chi connectivity index (χ2v) is 7.85. The van der Waals surface area contributed by atoms with Crippen LogP contribution >= 0.6 is 11.6 Å². The van der Waals surface area contributed by atoms with Crippen molar-refractivity contribution in [2.45, 2.75) is 12.0 Å². The normalized spacial score (nSPS) is 16.9. The van der Waals surface area contributed by atoms with E-state index in [2.05, 4.69) is 4.98 Å². The highest BCUT2D eigenvalue weighted by Crippen LogP contribution is 2.50. The predicted octanol–water partition coefficient (Wildman–Crippen LogP) is 2.94. The van der Waals surface area contributed by atoms with E-state index in [1.165, 1.54) is 0 Å². The van der Waals surface area contributed by atoms with E-state index in [1.54, 1.807) is 0 Å². The number of nitrogens with zero attached hydrogens (tertiary/aromatic N) is 1. The smallest absolute Gasteiger partial charge is 0.251 e. The number of carbonyl (C=O) groups excluding carboxylic acids is 1. The first-order valence-corrected chi connectivity index (χ1v) is 10.4. The highest BCUT2D eigenvalue weighted by molar-refractivity contribution is 6.34. The van der Waals surface area contributed by atoms with Crippen LogP contribution in [0.25, 0.3) is 11.1 Å². The molecule has 10 heteroatoms. The topological polar surface area (TPSA) is 121 Å². The molecular weight excluding hydrogens is 456 g/mol. The number of ether oxygens (including phenoxy) is 2. The SMILES string of the molecule is NC[C@@]1(c2ccccc2)Cc2c(cc(F)c(Cl)c2-c2c(C(N)=O)cnc(OCCO)c2F)O1. The van der Waals surface area contributed by atoms with E-state index in [4.69, 9.17) is 37.6 Å². The number of pyridine rings is 1. The molecule has 5 N–H and O–H groups in total. The number of aromatic nitrogens is 1. The zero-order chi connectivity index (χ0) is 23.8. The fourth-order valence-corrected chi connectivity index (χ4v) is 4.24. The van der Waals surface area contributed by atoms with E-state index < -0.39 is 40.7 Å². The molecular formula is C23H20ClF2N3O4. The van der Waals surface area contributed by atoms with Crippen molar-refractivity contribution in [1.82, 2.24) is 4.98 Å². The molecule has 0 bridgehead atoms. The number of amides is 1. The summed E-state index contributed by atoms with van der Waals surface area (Å²) < 4.78 is 41.7. The third-order valence-electron chi connectivity index (χ3n) is 5.52. The molecule has 0 aliphatic carbocycles. The Kier molecular flexibility index (Phi) is 6.20. The number of primary amides is 1. The summed E-state index contributed by atoms with van der Waals surface area (Å²) in [6, 6.07) is 10.2. The van der Waals surface area contributed by atoms with E-state index in [-0.39, 0.29) is 42.0 Å². The van der Waals surface area contributed by atoms with Crippen molar-refractivity contribution in [2.75, 3.05) is 19.8 Å². The summed E-state index contributed by atoms with van der Waals surface area (Å²) in [7, 11) is 0. The van der Waals surface area contributed by atoms with Crippen molar-refractivity contribution in [3.8, 4) is 22.8 Å². The number of rotatable bonds is 7. The van der Waals surface area contributed by atoms with E-state index >= 15 is 4.39 Å². The van der Waals surface area contributed by atoms with Gasteiger partial charge in [-0.25, -0.2) is 13.8 Å². The highest BCUT2D eigenvalue weighted by atomic mass is 35.5. The number of carbonyl (C=O) groups is 1. The quantitative estimate of drug-likeness (QED) is 0.483. The van der Waals surface area contributed by atoms with Gasteiger partial charge < -0.3 is 26.0 Å². The fourth-order valence-electron chi connectivity index (χ4n) is 3.98. The monoisotopic (exact) mass is 475 g/mol. The van der Waals surface area contributed by atoms with Gasteiger partial charge in [0.25, 0.3) is 11.8 Å². The van der Waals surface area contributed by atoms with E-state index in [0.717, 1.165) is 17.8 Å². The molecule has 3 aromatic rings. The summed E-state index contributed by atoms with van der Waals surface area (Å²) in [4.78, 5) is 15.9. The minimum atomic E-state index is -1.07. The van der Waals surface area contributed by atoms with Gasteiger partial charge >= 0.3 is 0 Å². The van der Waals surface area contributed by atoms with E-state index in [9.17, 15) is 9.18 Å². The molecule has 1 atom stereocenters. The second kappa shape index (κ2) is 8.93. The molecule has 0 spiro atoms. The number of nitrogens with two attached hydrogens (primary N) is 2. The van der Waals surface area contributed by atoms with Crippen molar-refractivity contribution in [3.63, 3.8) is 0 Å². The Morgan fingerprint density at radius 3 is 2.64 bits per heavy atom. The fraction of sp³-hybridized carbons (Fsp3) is 0.217. The summed E-state index contributed by atoms with van der Waals surface area (Å²) >= 11 is 6.32. The maximum atomic E-state index is 15.6. The second-order valence-electron chi connectivity index (χ2n) is 7.47. The zero-order valence-electron chi connectivity index (χ0n) is 17.3. The molecule has 4 rings (SSSR count). The molecule has 1 amide bonds. The first kappa shape index (κ1) is 22.9. The van der Waals surface area contributed by atoms with Gasteiger partial charge in [-0.1, -0.05) is 41.9 Å².